The van der Waals surface area contributed by atoms with Gasteiger partial charge in [-0.3, -0.25) is 0 Å². The van der Waals surface area contributed by atoms with Crippen molar-refractivity contribution >= 4 is 21.4 Å². The molecule has 0 fully saturated rings. The van der Waals surface area contributed by atoms with E-state index < -0.39 is 0 Å². The first-order valence-electron chi connectivity index (χ1n) is 3.34. The van der Waals surface area contributed by atoms with E-state index >= 15 is 0 Å². The molecule has 0 atom stereocenters. The van der Waals surface area contributed by atoms with Gasteiger partial charge in [0.25, 0.3) is 0 Å². The molecule has 2 nitrogen and oxygen atoms in total. The first-order chi connectivity index (χ1) is 5.27. The molecule has 0 spiro atoms. The van der Waals surface area contributed by atoms with Gasteiger partial charge in [-0.15, -0.1) is 11.3 Å². The third kappa shape index (κ3) is 0.973. The Hall–Kier alpha value is -1.09. The van der Waals surface area contributed by atoms with Crippen LogP contribution in [-0.2, 0) is 0 Å². The summed E-state index contributed by atoms with van der Waals surface area (Å²) in [6.07, 6.45) is 3.13. The van der Waals surface area contributed by atoms with E-state index in [1.807, 2.05) is 13.0 Å². The Balaban J connectivity index is 2.86. The van der Waals surface area contributed by atoms with Crippen LogP contribution in [0.5, 0.6) is 0 Å². The van der Waals surface area contributed by atoms with Crippen molar-refractivity contribution in [1.29, 1.82) is 0 Å². The summed E-state index contributed by atoms with van der Waals surface area (Å²) < 4.78 is 1.89. The Labute approximate surface area is 68.3 Å². The Bertz CT molecular complexity index is 394. The molecule has 0 unspecified atom stereocenters. The third-order valence-corrected chi connectivity index (χ3v) is 2.74. The van der Waals surface area contributed by atoms with E-state index in [0.29, 0.717) is 0 Å². The number of thiophene rings is 1. The van der Waals surface area contributed by atoms with Crippen molar-refractivity contribution in [2.45, 2.75) is 6.92 Å². The van der Waals surface area contributed by atoms with E-state index in [1.54, 1.807) is 17.5 Å². The molecule has 2 heterocycles. The lowest BCUT2D eigenvalue weighted by atomic mass is 10.2. The SMILES string of the molecule is Cc1csc2c[n+]([O-])ccc12. The Kier molecular flexibility index (Phi) is 1.32. The van der Waals surface area contributed by atoms with E-state index in [0.717, 1.165) is 9.43 Å². The second-order valence-corrected chi connectivity index (χ2v) is 3.41. The van der Waals surface area contributed by atoms with Crippen LogP contribution in [0.2, 0.25) is 0 Å². The van der Waals surface area contributed by atoms with Crippen LogP contribution in [0.15, 0.2) is 23.8 Å². The van der Waals surface area contributed by atoms with E-state index in [1.165, 1.54) is 17.1 Å². The zero-order chi connectivity index (χ0) is 7.84. The molecule has 0 N–H and O–H groups in total. The predicted octanol–water partition coefficient (Wildman–Crippen LogP) is 1.84. The first-order valence-corrected chi connectivity index (χ1v) is 4.22. The molecule has 11 heavy (non-hydrogen) atoms. The summed E-state index contributed by atoms with van der Waals surface area (Å²) in [7, 11) is 0. The van der Waals surface area contributed by atoms with Gasteiger partial charge in [0.05, 0.1) is 4.70 Å². The monoisotopic (exact) mass is 165 g/mol. The van der Waals surface area contributed by atoms with Crippen molar-refractivity contribution in [1.82, 2.24) is 0 Å². The van der Waals surface area contributed by atoms with Crippen molar-refractivity contribution in [3.05, 3.63) is 34.6 Å². The number of fused-ring (bicyclic) bond motifs is 1. The number of nitrogens with zero attached hydrogens (tertiary/aromatic N) is 1. The molecule has 0 saturated heterocycles. The van der Waals surface area contributed by atoms with Crippen LogP contribution in [0.25, 0.3) is 10.1 Å². The average Bonchev–Trinajstić information content (AvgIpc) is 2.32. The maximum Gasteiger partial charge on any atom is 0.198 e. The molecular weight excluding hydrogens is 158 g/mol. The van der Waals surface area contributed by atoms with Crippen LogP contribution in [0.3, 0.4) is 0 Å². The molecule has 0 aromatic carbocycles. The van der Waals surface area contributed by atoms with E-state index in [4.69, 9.17) is 0 Å². The van der Waals surface area contributed by atoms with Gasteiger partial charge in [-0.25, -0.2) is 0 Å². The zero-order valence-electron chi connectivity index (χ0n) is 6.07. The minimum atomic E-state index is 0.832. The summed E-state index contributed by atoms with van der Waals surface area (Å²) in [5, 5.41) is 14.1. The lowest BCUT2D eigenvalue weighted by Crippen LogP contribution is -2.23. The molecule has 0 radical (unpaired) electrons. The Morgan fingerprint density at radius 3 is 3.18 bits per heavy atom. The van der Waals surface area contributed by atoms with Crippen LogP contribution >= 0.6 is 11.3 Å². The maximum absolute atomic E-state index is 10.8. The Morgan fingerprint density at radius 1 is 1.55 bits per heavy atom. The fraction of sp³-hybridized carbons (Fsp3) is 0.125. The fourth-order valence-electron chi connectivity index (χ4n) is 1.09. The second kappa shape index (κ2) is 2.20. The van der Waals surface area contributed by atoms with E-state index in [9.17, 15) is 5.21 Å². The summed E-state index contributed by atoms with van der Waals surface area (Å²) in [6, 6.07) is 1.86. The summed E-state index contributed by atoms with van der Waals surface area (Å²) in [4.78, 5) is 0. The molecule has 2 rings (SSSR count). The quantitative estimate of drug-likeness (QED) is 0.432. The minimum Gasteiger partial charge on any atom is -0.619 e. The van der Waals surface area contributed by atoms with Gasteiger partial charge in [-0.05, 0) is 17.9 Å². The number of hydrogen-bond donors (Lipinski definition) is 0. The molecule has 0 bridgehead atoms. The molecule has 0 aliphatic heterocycles. The van der Waals surface area contributed by atoms with Crippen LogP contribution < -0.4 is 4.73 Å². The third-order valence-electron chi connectivity index (χ3n) is 1.69. The maximum atomic E-state index is 10.8. The van der Waals surface area contributed by atoms with Gasteiger partial charge >= 0.3 is 0 Å². The van der Waals surface area contributed by atoms with E-state index in [2.05, 4.69) is 5.38 Å². The number of pyridine rings is 1. The van der Waals surface area contributed by atoms with Gasteiger partial charge in [-0.2, -0.15) is 4.73 Å². The molecule has 2 aromatic heterocycles. The topological polar surface area (TPSA) is 26.9 Å². The van der Waals surface area contributed by atoms with Crippen molar-refractivity contribution in [3.63, 3.8) is 0 Å². The van der Waals surface area contributed by atoms with Gasteiger partial charge in [-0.1, -0.05) is 0 Å². The standard InChI is InChI=1S/C8H7NOS/c1-6-5-11-8-4-9(10)3-2-7(6)8/h2-5H,1H3. The lowest BCUT2D eigenvalue weighted by molar-refractivity contribution is -0.603. The minimum absolute atomic E-state index is 0.832. The Morgan fingerprint density at radius 2 is 2.36 bits per heavy atom. The normalized spacial score (nSPS) is 10.6. The lowest BCUT2D eigenvalue weighted by Gasteiger charge is -1.93. The first kappa shape index (κ1) is 6.61. The van der Waals surface area contributed by atoms with Crippen molar-refractivity contribution < 1.29 is 4.73 Å². The van der Waals surface area contributed by atoms with Gasteiger partial charge in [0.1, 0.15) is 0 Å². The van der Waals surface area contributed by atoms with Crippen molar-refractivity contribution in [2.75, 3.05) is 0 Å². The highest BCUT2D eigenvalue weighted by Crippen LogP contribution is 2.22. The number of hydrogen-bond acceptors (Lipinski definition) is 2. The largest absolute Gasteiger partial charge is 0.619 e. The second-order valence-electron chi connectivity index (χ2n) is 2.50. The number of rotatable bonds is 0. The van der Waals surface area contributed by atoms with Gasteiger partial charge in [0.15, 0.2) is 12.4 Å². The van der Waals surface area contributed by atoms with Crippen LogP contribution in [0.4, 0.5) is 0 Å². The predicted molar refractivity (Wildman–Crippen MR) is 45.5 cm³/mol. The summed E-state index contributed by atoms with van der Waals surface area (Å²) in [6.45, 7) is 2.05. The highest BCUT2D eigenvalue weighted by atomic mass is 32.1. The molecule has 0 aliphatic carbocycles. The smallest absolute Gasteiger partial charge is 0.198 e. The summed E-state index contributed by atoms with van der Waals surface area (Å²) >= 11 is 1.61. The summed E-state index contributed by atoms with van der Waals surface area (Å²) in [5.74, 6) is 0. The van der Waals surface area contributed by atoms with Crippen LogP contribution in [0.1, 0.15) is 5.56 Å². The highest BCUT2D eigenvalue weighted by Gasteiger charge is 2.01. The van der Waals surface area contributed by atoms with Crippen molar-refractivity contribution in [3.8, 4) is 0 Å². The number of aryl methyl sites for hydroxylation is 1. The van der Waals surface area contributed by atoms with Gasteiger partial charge in [0, 0.05) is 11.5 Å². The molecule has 2 aromatic rings. The summed E-state index contributed by atoms with van der Waals surface area (Å²) in [5.41, 5.74) is 1.24. The highest BCUT2D eigenvalue weighted by molar-refractivity contribution is 7.17. The van der Waals surface area contributed by atoms with E-state index in [-0.39, 0.29) is 0 Å². The molecule has 56 valence electrons. The molecular formula is C8H7NOS. The van der Waals surface area contributed by atoms with Crippen LogP contribution in [0, 0.1) is 12.1 Å². The molecule has 0 aliphatic rings. The van der Waals surface area contributed by atoms with Gasteiger partial charge < -0.3 is 5.21 Å². The molecule has 0 amide bonds. The fourth-order valence-corrected chi connectivity index (χ4v) is 2.04. The average molecular weight is 165 g/mol. The zero-order valence-corrected chi connectivity index (χ0v) is 6.89. The van der Waals surface area contributed by atoms with Crippen LogP contribution in [-0.4, -0.2) is 0 Å². The molecule has 3 heteroatoms. The van der Waals surface area contributed by atoms with Crippen molar-refractivity contribution in [2.24, 2.45) is 0 Å². The number of aromatic nitrogens is 1. The molecule has 0 saturated carbocycles. The van der Waals surface area contributed by atoms with Gasteiger partial charge in [0.2, 0.25) is 0 Å².